The maximum Gasteiger partial charge on any atom is 0.264 e. The molecule has 2 rings (SSSR count). The van der Waals surface area contributed by atoms with Crippen LogP contribution < -0.4 is 10.6 Å². The molecular formula is C29H44N2O6S. The Hall–Kier alpha value is -2.43. The molecule has 0 aliphatic heterocycles. The van der Waals surface area contributed by atoms with Crippen molar-refractivity contribution in [3.05, 3.63) is 71.8 Å². The van der Waals surface area contributed by atoms with Gasteiger partial charge in [0, 0.05) is 23.2 Å². The molecule has 0 bridgehead atoms. The van der Waals surface area contributed by atoms with Crippen LogP contribution in [0.4, 0.5) is 0 Å². The van der Waals surface area contributed by atoms with E-state index in [9.17, 15) is 23.1 Å². The van der Waals surface area contributed by atoms with Crippen LogP contribution in [0.5, 0.6) is 0 Å². The largest absolute Gasteiger partial charge is 0.395 e. The third-order valence-corrected chi connectivity index (χ3v) is 6.50. The highest BCUT2D eigenvalue weighted by atomic mass is 32.2. The van der Waals surface area contributed by atoms with Crippen LogP contribution in [0.15, 0.2) is 60.7 Å². The lowest BCUT2D eigenvalue weighted by molar-refractivity contribution is 0.0955. The van der Waals surface area contributed by atoms with Crippen molar-refractivity contribution < 1.29 is 27.3 Å². The van der Waals surface area contributed by atoms with E-state index in [2.05, 4.69) is 10.6 Å². The van der Waals surface area contributed by atoms with Gasteiger partial charge in [0.2, 0.25) is 0 Å². The van der Waals surface area contributed by atoms with Gasteiger partial charge in [-0.1, -0.05) is 102 Å². The minimum Gasteiger partial charge on any atom is -0.395 e. The van der Waals surface area contributed by atoms with Gasteiger partial charge in [0.25, 0.3) is 10.1 Å². The van der Waals surface area contributed by atoms with E-state index in [0.717, 1.165) is 6.26 Å². The summed E-state index contributed by atoms with van der Waals surface area (Å²) in [4.78, 5) is 23.9. The Balaban J connectivity index is 0.000000389. The van der Waals surface area contributed by atoms with Gasteiger partial charge in [0.15, 0.2) is 11.6 Å². The molecule has 0 unspecified atom stereocenters. The SMILES string of the molecule is CC(C)(C)[C@@H](CO)NCC(=O)c1ccccc1.CC(C)(C)[C@@H](COS(C)(=O)=O)NCC(=O)c1ccccc1. The summed E-state index contributed by atoms with van der Waals surface area (Å²) in [6.07, 6.45) is 1.02. The number of benzene rings is 2. The van der Waals surface area contributed by atoms with Gasteiger partial charge in [-0.2, -0.15) is 8.42 Å². The van der Waals surface area contributed by atoms with Crippen molar-refractivity contribution in [1.29, 1.82) is 0 Å². The zero-order valence-corrected chi connectivity index (χ0v) is 24.5. The molecule has 9 heteroatoms. The number of Topliss-reactive ketones (excluding diaryl/α,β-unsaturated/α-hetero) is 2. The zero-order valence-electron chi connectivity index (χ0n) is 23.7. The Morgan fingerprint density at radius 3 is 1.45 bits per heavy atom. The van der Waals surface area contributed by atoms with E-state index in [-0.39, 0.29) is 60.8 Å². The zero-order chi connectivity index (χ0) is 29.0. The third-order valence-electron chi connectivity index (χ3n) is 5.93. The molecular weight excluding hydrogens is 504 g/mol. The predicted octanol–water partition coefficient (Wildman–Crippen LogP) is 3.72. The third kappa shape index (κ3) is 13.4. The molecule has 0 saturated heterocycles. The van der Waals surface area contributed by atoms with Gasteiger partial charge in [0.1, 0.15) is 0 Å². The molecule has 0 saturated carbocycles. The average molecular weight is 549 g/mol. The monoisotopic (exact) mass is 548 g/mol. The number of rotatable bonds is 12. The van der Waals surface area contributed by atoms with Gasteiger partial charge in [-0.05, 0) is 10.8 Å². The van der Waals surface area contributed by atoms with Gasteiger partial charge < -0.3 is 15.7 Å². The number of carbonyl (C=O) groups excluding carboxylic acids is 2. The van der Waals surface area contributed by atoms with Crippen molar-refractivity contribution in [2.45, 2.75) is 53.6 Å². The van der Waals surface area contributed by atoms with E-state index < -0.39 is 10.1 Å². The molecule has 212 valence electrons. The first-order chi connectivity index (χ1) is 17.5. The lowest BCUT2D eigenvalue weighted by Crippen LogP contribution is -2.46. The van der Waals surface area contributed by atoms with Crippen molar-refractivity contribution in [3.63, 3.8) is 0 Å². The van der Waals surface area contributed by atoms with Crippen LogP contribution in [0.1, 0.15) is 62.3 Å². The van der Waals surface area contributed by atoms with Gasteiger partial charge in [-0.3, -0.25) is 13.8 Å². The number of aliphatic hydroxyl groups is 1. The van der Waals surface area contributed by atoms with Crippen LogP contribution in [0.25, 0.3) is 0 Å². The fourth-order valence-electron chi connectivity index (χ4n) is 3.34. The van der Waals surface area contributed by atoms with E-state index in [1.54, 1.807) is 36.4 Å². The van der Waals surface area contributed by atoms with Gasteiger partial charge in [-0.15, -0.1) is 0 Å². The van der Waals surface area contributed by atoms with E-state index in [4.69, 9.17) is 4.18 Å². The quantitative estimate of drug-likeness (QED) is 0.271. The molecule has 38 heavy (non-hydrogen) atoms. The first-order valence-electron chi connectivity index (χ1n) is 12.6. The number of carbonyl (C=O) groups is 2. The van der Waals surface area contributed by atoms with E-state index >= 15 is 0 Å². The molecule has 0 aliphatic carbocycles. The predicted molar refractivity (Wildman–Crippen MR) is 152 cm³/mol. The summed E-state index contributed by atoms with van der Waals surface area (Å²) in [7, 11) is -3.50. The molecule has 2 aromatic carbocycles. The van der Waals surface area contributed by atoms with Crippen LogP contribution in [0.3, 0.4) is 0 Å². The number of hydrogen-bond acceptors (Lipinski definition) is 8. The van der Waals surface area contributed by atoms with E-state index in [1.807, 2.05) is 65.8 Å². The smallest absolute Gasteiger partial charge is 0.264 e. The molecule has 3 N–H and O–H groups in total. The first kappa shape index (κ1) is 33.6. The first-order valence-corrected chi connectivity index (χ1v) is 14.4. The highest BCUT2D eigenvalue weighted by Gasteiger charge is 2.27. The highest BCUT2D eigenvalue weighted by molar-refractivity contribution is 7.85. The van der Waals surface area contributed by atoms with E-state index in [0.29, 0.717) is 11.1 Å². The lowest BCUT2D eigenvalue weighted by Gasteiger charge is -2.30. The number of hydrogen-bond donors (Lipinski definition) is 3. The number of aliphatic hydroxyl groups excluding tert-OH is 1. The Morgan fingerprint density at radius 1 is 0.763 bits per heavy atom. The second-order valence-corrected chi connectivity index (χ2v) is 13.0. The Labute approximate surface area is 228 Å². The summed E-state index contributed by atoms with van der Waals surface area (Å²) in [5.41, 5.74) is 1.03. The highest BCUT2D eigenvalue weighted by Crippen LogP contribution is 2.20. The number of nitrogens with one attached hydrogen (secondary N) is 2. The summed E-state index contributed by atoms with van der Waals surface area (Å²) in [6, 6.07) is 17.8. The second-order valence-electron chi connectivity index (χ2n) is 11.3. The molecule has 0 aliphatic rings. The van der Waals surface area contributed by atoms with Crippen LogP contribution in [-0.2, 0) is 14.3 Å². The van der Waals surface area contributed by atoms with Crippen LogP contribution in [0, 0.1) is 10.8 Å². The molecule has 0 amide bonds. The van der Waals surface area contributed by atoms with E-state index in [1.165, 1.54) is 0 Å². The average Bonchev–Trinajstić information content (AvgIpc) is 2.83. The van der Waals surface area contributed by atoms with Crippen LogP contribution in [0.2, 0.25) is 0 Å². The summed E-state index contributed by atoms with van der Waals surface area (Å²) in [6.45, 7) is 12.4. The Morgan fingerprint density at radius 2 is 1.13 bits per heavy atom. The van der Waals surface area contributed by atoms with Crippen molar-refractivity contribution in [2.75, 3.05) is 32.6 Å². The summed E-state index contributed by atoms with van der Waals surface area (Å²) < 4.78 is 27.1. The minimum absolute atomic E-state index is 0.00437. The second kappa shape index (κ2) is 15.2. The fraction of sp³-hybridized carbons (Fsp3) is 0.517. The molecule has 0 fully saturated rings. The lowest BCUT2D eigenvalue weighted by atomic mass is 9.87. The topological polar surface area (TPSA) is 122 Å². The van der Waals surface area contributed by atoms with Gasteiger partial charge in [0.05, 0.1) is 32.6 Å². The molecule has 0 heterocycles. The van der Waals surface area contributed by atoms with Crippen molar-refractivity contribution in [1.82, 2.24) is 10.6 Å². The maximum atomic E-state index is 12.1. The van der Waals surface area contributed by atoms with Crippen molar-refractivity contribution in [3.8, 4) is 0 Å². The molecule has 0 aromatic heterocycles. The fourth-order valence-corrected chi connectivity index (χ4v) is 3.72. The molecule has 0 spiro atoms. The van der Waals surface area contributed by atoms with Crippen molar-refractivity contribution >= 4 is 21.7 Å². The van der Waals surface area contributed by atoms with Gasteiger partial charge in [-0.25, -0.2) is 0 Å². The molecule has 2 atom stereocenters. The standard InChI is InChI=1S/C15H23NO4S.C14H21NO2/c1-15(2,3)14(11-20-21(4,18)19)16-10-13(17)12-8-6-5-7-9-12;1-14(2,3)13(10-16)15-9-12(17)11-7-5-4-6-8-11/h5-9,14,16H,10-11H2,1-4H3;4-8,13,15-16H,9-10H2,1-3H3/t14-;13-/m11/s1. The molecule has 2 aromatic rings. The summed E-state index contributed by atoms with van der Waals surface area (Å²) >= 11 is 0. The maximum absolute atomic E-state index is 12.1. The Bertz CT molecular complexity index is 1090. The Kier molecular flexibility index (Phi) is 13.5. The molecule has 8 nitrogen and oxygen atoms in total. The van der Waals surface area contributed by atoms with Crippen molar-refractivity contribution in [2.24, 2.45) is 10.8 Å². The summed E-state index contributed by atoms with van der Waals surface area (Å²) in [5, 5.41) is 15.5. The molecule has 0 radical (unpaired) electrons. The van der Waals surface area contributed by atoms with Gasteiger partial charge >= 0.3 is 0 Å². The number of ketones is 2. The van der Waals surface area contributed by atoms with Crippen LogP contribution in [-0.4, -0.2) is 69.7 Å². The normalized spacial score (nSPS) is 13.7. The summed E-state index contributed by atoms with van der Waals surface area (Å²) in [5.74, 6) is 0.0116. The minimum atomic E-state index is -3.50. The van der Waals surface area contributed by atoms with Crippen LogP contribution >= 0.6 is 0 Å².